The summed E-state index contributed by atoms with van der Waals surface area (Å²) in [7, 11) is 0. The van der Waals surface area contributed by atoms with Gasteiger partial charge in [-0.15, -0.1) is 0 Å². The van der Waals surface area contributed by atoms with E-state index < -0.39 is 19.0 Å². The molecule has 8 heteroatoms. The summed E-state index contributed by atoms with van der Waals surface area (Å²) in [5.41, 5.74) is 0.985. The molecule has 1 aliphatic heterocycles. The fourth-order valence-corrected chi connectivity index (χ4v) is 4.64. The van der Waals surface area contributed by atoms with Gasteiger partial charge in [-0.3, -0.25) is 4.84 Å². The number of fused-ring (bicyclic) bond motifs is 1. The van der Waals surface area contributed by atoms with Crippen molar-refractivity contribution in [2.45, 2.75) is 25.5 Å². The van der Waals surface area contributed by atoms with E-state index in [1.54, 1.807) is 17.2 Å². The average molecular weight is 446 g/mol. The molecule has 156 valence electrons. The third kappa shape index (κ3) is 5.02. The van der Waals surface area contributed by atoms with Gasteiger partial charge in [0.15, 0.2) is 0 Å². The van der Waals surface area contributed by atoms with Crippen LogP contribution in [0.25, 0.3) is 10.8 Å². The monoisotopic (exact) mass is 445 g/mol. The van der Waals surface area contributed by atoms with Gasteiger partial charge in [-0.05, 0) is 29.9 Å². The van der Waals surface area contributed by atoms with Crippen molar-refractivity contribution in [3.05, 3.63) is 78.4 Å². The molecular formula is C22H21ClNO5P. The second kappa shape index (κ2) is 9.19. The van der Waals surface area contributed by atoms with E-state index >= 15 is 0 Å². The molecule has 0 aliphatic carbocycles. The standard InChI is InChI=1S/C22H21ClNO5P/c23-30(26,28-21-14-6-11-18-10-4-5-12-19(18)21)29-22(25)20-13-7-15-24(20)27-16-17-8-2-1-3-9-17/h1-6,8-12,14,20H,7,13,15-16H2/t20-,30?/m0/s1. The van der Waals surface area contributed by atoms with E-state index in [1.807, 2.05) is 60.7 Å². The van der Waals surface area contributed by atoms with Crippen LogP contribution in [-0.2, 0) is 25.3 Å². The first-order chi connectivity index (χ1) is 14.5. The maximum absolute atomic E-state index is 12.7. The minimum absolute atomic E-state index is 0.294. The van der Waals surface area contributed by atoms with Crippen LogP contribution in [0.15, 0.2) is 72.8 Å². The van der Waals surface area contributed by atoms with Crippen molar-refractivity contribution in [1.29, 1.82) is 0 Å². The quantitative estimate of drug-likeness (QED) is 0.434. The number of hydroxylamine groups is 2. The van der Waals surface area contributed by atoms with Gasteiger partial charge in [0, 0.05) is 23.2 Å². The maximum atomic E-state index is 12.7. The Kier molecular flexibility index (Phi) is 6.40. The van der Waals surface area contributed by atoms with E-state index in [4.69, 9.17) is 25.1 Å². The zero-order valence-corrected chi connectivity index (χ0v) is 17.8. The fraction of sp³-hybridized carbons (Fsp3) is 0.227. The van der Waals surface area contributed by atoms with Crippen molar-refractivity contribution in [1.82, 2.24) is 5.06 Å². The maximum Gasteiger partial charge on any atom is 0.532 e. The lowest BCUT2D eigenvalue weighted by molar-refractivity contribution is -0.191. The first kappa shape index (κ1) is 20.9. The summed E-state index contributed by atoms with van der Waals surface area (Å²) in [4.78, 5) is 18.4. The van der Waals surface area contributed by atoms with E-state index in [-0.39, 0.29) is 0 Å². The van der Waals surface area contributed by atoms with Gasteiger partial charge in [-0.25, -0.2) is 9.36 Å². The molecular weight excluding hydrogens is 425 g/mol. The third-order valence-electron chi connectivity index (χ3n) is 4.87. The van der Waals surface area contributed by atoms with E-state index in [9.17, 15) is 9.36 Å². The number of hydrogen-bond donors (Lipinski definition) is 0. The highest BCUT2D eigenvalue weighted by atomic mass is 35.7. The molecule has 6 nitrogen and oxygen atoms in total. The second-order valence-electron chi connectivity index (χ2n) is 6.97. The van der Waals surface area contributed by atoms with Crippen LogP contribution in [0, 0.1) is 0 Å². The van der Waals surface area contributed by atoms with Crippen LogP contribution in [0.3, 0.4) is 0 Å². The van der Waals surface area contributed by atoms with Crippen LogP contribution in [0.5, 0.6) is 5.75 Å². The topological polar surface area (TPSA) is 65.1 Å². The number of nitrogens with zero attached hydrogens (tertiary/aromatic N) is 1. The van der Waals surface area contributed by atoms with Crippen molar-refractivity contribution >= 4 is 34.9 Å². The normalized spacial score (nSPS) is 18.8. The van der Waals surface area contributed by atoms with Crippen molar-refractivity contribution in [3.8, 4) is 5.75 Å². The molecule has 0 aromatic heterocycles. The number of carbonyl (C=O) groups is 1. The SMILES string of the molecule is O=C(OP(=O)(Cl)Oc1cccc2ccccc12)[C@@H]1CCCN1OCc1ccccc1. The second-order valence-corrected chi connectivity index (χ2v) is 9.44. The smallest absolute Gasteiger partial charge is 0.404 e. The molecule has 1 heterocycles. The molecule has 1 aliphatic rings. The van der Waals surface area contributed by atoms with Crippen LogP contribution in [0.1, 0.15) is 18.4 Å². The van der Waals surface area contributed by atoms with Gasteiger partial charge in [0.25, 0.3) is 0 Å². The number of halogens is 1. The summed E-state index contributed by atoms with van der Waals surface area (Å²) in [6.45, 7) is -3.29. The Morgan fingerprint density at radius 3 is 2.60 bits per heavy atom. The lowest BCUT2D eigenvalue weighted by Gasteiger charge is -2.23. The highest BCUT2D eigenvalue weighted by molar-refractivity contribution is 7.82. The highest BCUT2D eigenvalue weighted by Crippen LogP contribution is 2.55. The third-order valence-corrected chi connectivity index (χ3v) is 6.10. The van der Waals surface area contributed by atoms with Crippen LogP contribution >= 0.6 is 18.2 Å². The fourth-order valence-electron chi connectivity index (χ4n) is 3.44. The van der Waals surface area contributed by atoms with E-state index in [0.29, 0.717) is 25.3 Å². The number of rotatable bonds is 7. The first-order valence-electron chi connectivity index (χ1n) is 9.66. The molecule has 1 fully saturated rings. The predicted octanol–water partition coefficient (Wildman–Crippen LogP) is 5.70. The first-order valence-corrected chi connectivity index (χ1v) is 12.1. The lowest BCUT2D eigenvalue weighted by atomic mass is 10.1. The Morgan fingerprint density at radius 1 is 1.03 bits per heavy atom. The van der Waals surface area contributed by atoms with Crippen LogP contribution in [0.2, 0.25) is 0 Å². The molecule has 0 spiro atoms. The van der Waals surface area contributed by atoms with Gasteiger partial charge in [0.05, 0.1) is 6.61 Å². The van der Waals surface area contributed by atoms with Crippen molar-refractivity contribution in [2.24, 2.45) is 0 Å². The summed E-state index contributed by atoms with van der Waals surface area (Å²) in [5, 5.41) is 3.18. The van der Waals surface area contributed by atoms with Crippen molar-refractivity contribution < 1.29 is 23.2 Å². The summed E-state index contributed by atoms with van der Waals surface area (Å²) in [6, 6.07) is 21.7. The van der Waals surface area contributed by atoms with Crippen LogP contribution < -0.4 is 4.52 Å². The predicted molar refractivity (Wildman–Crippen MR) is 115 cm³/mol. The molecule has 1 saturated heterocycles. The summed E-state index contributed by atoms with van der Waals surface area (Å²) < 4.78 is 23.2. The Bertz CT molecular complexity index is 1070. The Labute approximate surface area is 179 Å². The van der Waals surface area contributed by atoms with E-state index in [0.717, 1.165) is 22.8 Å². The molecule has 0 bridgehead atoms. The highest BCUT2D eigenvalue weighted by Gasteiger charge is 2.38. The average Bonchev–Trinajstić information content (AvgIpc) is 3.22. The molecule has 0 radical (unpaired) electrons. The van der Waals surface area contributed by atoms with Gasteiger partial charge < -0.3 is 9.05 Å². The minimum atomic E-state index is -4.19. The number of benzene rings is 3. The zero-order valence-electron chi connectivity index (χ0n) is 16.1. The summed E-state index contributed by atoms with van der Waals surface area (Å²) in [5.74, 6) is -0.429. The summed E-state index contributed by atoms with van der Waals surface area (Å²) in [6.07, 6.45) is 1.28. The number of hydrogen-bond acceptors (Lipinski definition) is 6. The molecule has 3 aromatic carbocycles. The molecule has 3 aromatic rings. The van der Waals surface area contributed by atoms with E-state index in [1.165, 1.54) is 0 Å². The zero-order chi connectivity index (χ0) is 21.0. The van der Waals surface area contributed by atoms with Crippen molar-refractivity contribution in [3.63, 3.8) is 0 Å². The van der Waals surface area contributed by atoms with Gasteiger partial charge >= 0.3 is 12.9 Å². The molecule has 0 amide bonds. The molecule has 2 atom stereocenters. The van der Waals surface area contributed by atoms with Gasteiger partial charge in [-0.1, -0.05) is 66.7 Å². The van der Waals surface area contributed by atoms with Crippen LogP contribution in [0.4, 0.5) is 0 Å². The molecule has 1 unspecified atom stereocenters. The summed E-state index contributed by atoms with van der Waals surface area (Å²) >= 11 is 6.00. The minimum Gasteiger partial charge on any atom is -0.404 e. The molecule has 0 saturated carbocycles. The van der Waals surface area contributed by atoms with Crippen molar-refractivity contribution in [2.75, 3.05) is 6.54 Å². The lowest BCUT2D eigenvalue weighted by Crippen LogP contribution is -2.36. The van der Waals surface area contributed by atoms with Gasteiger partial charge in [-0.2, -0.15) is 5.06 Å². The van der Waals surface area contributed by atoms with Gasteiger partial charge in [0.1, 0.15) is 11.8 Å². The largest absolute Gasteiger partial charge is 0.532 e. The molecule has 0 N–H and O–H groups in total. The van der Waals surface area contributed by atoms with Gasteiger partial charge in [0.2, 0.25) is 0 Å². The Balaban J connectivity index is 1.40. The number of carbonyl (C=O) groups excluding carboxylic acids is 1. The van der Waals surface area contributed by atoms with Crippen LogP contribution in [-0.4, -0.2) is 23.6 Å². The Hall–Kier alpha value is -2.37. The molecule has 30 heavy (non-hydrogen) atoms. The van der Waals surface area contributed by atoms with E-state index in [2.05, 4.69) is 0 Å². The molecule has 4 rings (SSSR count). The Morgan fingerprint density at radius 2 is 1.77 bits per heavy atom.